The number of para-hydroxylation sites is 1. The first-order chi connectivity index (χ1) is 13.6. The lowest BCUT2D eigenvalue weighted by Crippen LogP contribution is -2.33. The van der Waals surface area contributed by atoms with E-state index < -0.39 is 6.04 Å². The summed E-state index contributed by atoms with van der Waals surface area (Å²) < 4.78 is 1.78. The third-order valence-electron chi connectivity index (χ3n) is 4.92. The summed E-state index contributed by atoms with van der Waals surface area (Å²) in [6.07, 6.45) is 2.33. The van der Waals surface area contributed by atoms with E-state index in [1.165, 1.54) is 0 Å². The molecule has 28 heavy (non-hydrogen) atoms. The van der Waals surface area contributed by atoms with Gasteiger partial charge in [0.05, 0.1) is 11.7 Å². The maximum Gasteiger partial charge on any atom is 0.288 e. The minimum Gasteiger partial charge on any atom is -0.354 e. The molecule has 0 fully saturated rings. The SMILES string of the molecule is CC(C(=O)NCCc1ccc(Cl)cc1)n1c2ccccc2c2cn[nH]c(=O)c21. The normalized spacial score (nSPS) is 12.4. The molecule has 0 bridgehead atoms. The van der Waals surface area contributed by atoms with Crippen LogP contribution in [0.3, 0.4) is 0 Å². The van der Waals surface area contributed by atoms with Crippen LogP contribution in [0.5, 0.6) is 0 Å². The van der Waals surface area contributed by atoms with Gasteiger partial charge in [-0.15, -0.1) is 0 Å². The molecule has 0 aliphatic carbocycles. The Labute approximate surface area is 166 Å². The highest BCUT2D eigenvalue weighted by molar-refractivity contribution is 6.30. The number of carbonyl (C=O) groups excluding carboxylic acids is 1. The minimum absolute atomic E-state index is 0.146. The van der Waals surface area contributed by atoms with Crippen LogP contribution in [0.25, 0.3) is 21.8 Å². The van der Waals surface area contributed by atoms with Gasteiger partial charge in [0.25, 0.3) is 5.56 Å². The number of amides is 1. The van der Waals surface area contributed by atoms with Gasteiger partial charge in [0.15, 0.2) is 0 Å². The van der Waals surface area contributed by atoms with Crippen molar-refractivity contribution in [3.8, 4) is 0 Å². The van der Waals surface area contributed by atoms with Crippen LogP contribution >= 0.6 is 11.6 Å². The number of rotatable bonds is 5. The summed E-state index contributed by atoms with van der Waals surface area (Å²) in [4.78, 5) is 25.2. The first kappa shape index (κ1) is 18.3. The largest absolute Gasteiger partial charge is 0.354 e. The van der Waals surface area contributed by atoms with Gasteiger partial charge in [0.1, 0.15) is 11.6 Å². The zero-order valence-electron chi connectivity index (χ0n) is 15.3. The first-order valence-corrected chi connectivity index (χ1v) is 9.42. The van der Waals surface area contributed by atoms with Crippen molar-refractivity contribution in [1.82, 2.24) is 20.1 Å². The van der Waals surface area contributed by atoms with Crippen molar-refractivity contribution in [3.05, 3.63) is 75.7 Å². The van der Waals surface area contributed by atoms with Gasteiger partial charge in [-0.05, 0) is 37.1 Å². The predicted molar refractivity (Wildman–Crippen MR) is 111 cm³/mol. The molecule has 7 heteroatoms. The second-order valence-electron chi connectivity index (χ2n) is 6.69. The fourth-order valence-corrected chi connectivity index (χ4v) is 3.63. The fourth-order valence-electron chi connectivity index (χ4n) is 3.51. The van der Waals surface area contributed by atoms with Crippen LogP contribution in [0.2, 0.25) is 5.02 Å². The number of nitrogens with zero attached hydrogens (tertiary/aromatic N) is 2. The molecule has 142 valence electrons. The molecule has 0 saturated carbocycles. The van der Waals surface area contributed by atoms with Gasteiger partial charge < -0.3 is 9.88 Å². The molecule has 0 aliphatic heterocycles. The number of halogens is 1. The first-order valence-electron chi connectivity index (χ1n) is 9.04. The number of fused-ring (bicyclic) bond motifs is 3. The van der Waals surface area contributed by atoms with E-state index in [1.54, 1.807) is 17.7 Å². The van der Waals surface area contributed by atoms with Crippen LogP contribution in [0.15, 0.2) is 59.5 Å². The summed E-state index contributed by atoms with van der Waals surface area (Å²) in [5, 5.41) is 11.7. The van der Waals surface area contributed by atoms with E-state index in [9.17, 15) is 9.59 Å². The number of H-pyrrole nitrogens is 1. The Balaban J connectivity index is 1.60. The molecule has 2 heterocycles. The van der Waals surface area contributed by atoms with E-state index in [1.807, 2.05) is 48.5 Å². The van der Waals surface area contributed by atoms with Gasteiger partial charge in [-0.1, -0.05) is 41.9 Å². The number of aromatic nitrogens is 3. The van der Waals surface area contributed by atoms with Crippen molar-refractivity contribution in [2.75, 3.05) is 6.54 Å². The summed E-state index contributed by atoms with van der Waals surface area (Å²) in [5.74, 6) is -0.146. The third kappa shape index (κ3) is 3.27. The van der Waals surface area contributed by atoms with Crippen LogP contribution in [0.1, 0.15) is 18.5 Å². The Morgan fingerprint density at radius 3 is 2.71 bits per heavy atom. The fraction of sp³-hybridized carbons (Fsp3) is 0.190. The lowest BCUT2D eigenvalue weighted by molar-refractivity contribution is -0.123. The lowest BCUT2D eigenvalue weighted by Gasteiger charge is -2.16. The van der Waals surface area contributed by atoms with Crippen molar-refractivity contribution < 1.29 is 4.79 Å². The minimum atomic E-state index is -0.545. The molecule has 1 unspecified atom stereocenters. The van der Waals surface area contributed by atoms with Gasteiger partial charge in [0.2, 0.25) is 5.91 Å². The summed E-state index contributed by atoms with van der Waals surface area (Å²) in [5.41, 5.74) is 2.07. The molecule has 2 N–H and O–H groups in total. The average molecular weight is 395 g/mol. The number of hydrogen-bond acceptors (Lipinski definition) is 3. The second-order valence-corrected chi connectivity index (χ2v) is 7.13. The van der Waals surface area contributed by atoms with Crippen molar-refractivity contribution in [3.63, 3.8) is 0 Å². The monoisotopic (exact) mass is 394 g/mol. The predicted octanol–water partition coefficient (Wildman–Crippen LogP) is 3.45. The van der Waals surface area contributed by atoms with Crippen LogP contribution in [0, 0.1) is 0 Å². The van der Waals surface area contributed by atoms with E-state index in [2.05, 4.69) is 15.5 Å². The van der Waals surface area contributed by atoms with Crippen LogP contribution < -0.4 is 10.9 Å². The molecule has 0 aliphatic rings. The Kier molecular flexibility index (Phi) is 4.88. The quantitative estimate of drug-likeness (QED) is 0.544. The highest BCUT2D eigenvalue weighted by Crippen LogP contribution is 2.29. The number of benzene rings is 2. The summed E-state index contributed by atoms with van der Waals surface area (Å²) in [6.45, 7) is 2.29. The maximum absolute atomic E-state index is 12.8. The van der Waals surface area contributed by atoms with Crippen molar-refractivity contribution in [2.45, 2.75) is 19.4 Å². The van der Waals surface area contributed by atoms with E-state index in [-0.39, 0.29) is 11.5 Å². The highest BCUT2D eigenvalue weighted by Gasteiger charge is 2.22. The molecular weight excluding hydrogens is 376 g/mol. The van der Waals surface area contributed by atoms with E-state index in [0.29, 0.717) is 23.5 Å². The summed E-state index contributed by atoms with van der Waals surface area (Å²) in [6, 6.07) is 14.6. The average Bonchev–Trinajstić information content (AvgIpc) is 3.05. The molecule has 2 aromatic heterocycles. The van der Waals surface area contributed by atoms with Crippen molar-refractivity contribution in [1.29, 1.82) is 0 Å². The van der Waals surface area contributed by atoms with E-state index >= 15 is 0 Å². The molecule has 2 aromatic carbocycles. The van der Waals surface area contributed by atoms with E-state index in [4.69, 9.17) is 11.6 Å². The third-order valence-corrected chi connectivity index (χ3v) is 5.17. The van der Waals surface area contributed by atoms with Crippen molar-refractivity contribution in [2.24, 2.45) is 0 Å². The van der Waals surface area contributed by atoms with Gasteiger partial charge in [0, 0.05) is 22.3 Å². The molecule has 4 aromatic rings. The van der Waals surface area contributed by atoms with E-state index in [0.717, 1.165) is 21.9 Å². The molecular formula is C21H19ClN4O2. The number of carbonyl (C=O) groups is 1. The summed E-state index contributed by atoms with van der Waals surface area (Å²) >= 11 is 5.90. The van der Waals surface area contributed by atoms with Crippen molar-refractivity contribution >= 4 is 39.3 Å². The summed E-state index contributed by atoms with van der Waals surface area (Å²) in [7, 11) is 0. The van der Waals surface area contributed by atoms with Crippen LogP contribution in [0.4, 0.5) is 0 Å². The number of hydrogen-bond donors (Lipinski definition) is 2. The molecule has 1 amide bonds. The smallest absolute Gasteiger partial charge is 0.288 e. The Bertz CT molecular complexity index is 1210. The zero-order chi connectivity index (χ0) is 19.7. The zero-order valence-corrected chi connectivity index (χ0v) is 16.0. The molecule has 0 radical (unpaired) electrons. The topological polar surface area (TPSA) is 79.8 Å². The standard InChI is InChI=1S/C21H19ClN4O2/c1-13(20(27)23-11-10-14-6-8-15(22)9-7-14)26-18-5-3-2-4-16(18)17-12-24-25-21(28)19(17)26/h2-9,12-13H,10-11H2,1H3,(H,23,27)(H,25,28). The maximum atomic E-state index is 12.8. The van der Waals surface area contributed by atoms with Gasteiger partial charge >= 0.3 is 0 Å². The number of aromatic amines is 1. The highest BCUT2D eigenvalue weighted by atomic mass is 35.5. The van der Waals surface area contributed by atoms with Crippen LogP contribution in [-0.2, 0) is 11.2 Å². The molecule has 6 nitrogen and oxygen atoms in total. The molecule has 1 atom stereocenters. The van der Waals surface area contributed by atoms with Gasteiger partial charge in [-0.2, -0.15) is 5.10 Å². The second kappa shape index (κ2) is 7.48. The lowest BCUT2D eigenvalue weighted by atomic mass is 10.1. The Hall–Kier alpha value is -3.12. The Morgan fingerprint density at radius 2 is 1.93 bits per heavy atom. The van der Waals surface area contributed by atoms with Gasteiger partial charge in [-0.25, -0.2) is 5.10 Å². The van der Waals surface area contributed by atoms with Gasteiger partial charge in [-0.3, -0.25) is 9.59 Å². The van der Waals surface area contributed by atoms with Crippen LogP contribution in [-0.4, -0.2) is 27.2 Å². The Morgan fingerprint density at radius 1 is 1.18 bits per heavy atom. The molecule has 0 spiro atoms. The molecule has 4 rings (SSSR count). The number of nitrogens with one attached hydrogen (secondary N) is 2. The molecule has 0 saturated heterocycles.